The molecule has 0 radical (unpaired) electrons. The van der Waals surface area contributed by atoms with E-state index in [0.29, 0.717) is 96.8 Å². The van der Waals surface area contributed by atoms with Crippen LogP contribution in [0.5, 0.6) is 0 Å². The zero-order chi connectivity index (χ0) is 58.4. The minimum Gasteiger partial charge on any atom is -0.481 e. The van der Waals surface area contributed by atoms with Crippen molar-refractivity contribution in [3.8, 4) is 0 Å². The van der Waals surface area contributed by atoms with Crippen molar-refractivity contribution < 1.29 is 66.5 Å². The Morgan fingerprint density at radius 3 is 1.80 bits per heavy atom. The number of hydrogen-bond acceptors (Lipinski definition) is 17. The topological polar surface area (TPSA) is 357 Å². The fourth-order valence-electron chi connectivity index (χ4n) is 8.60. The average molecular weight is 1160 g/mol. The van der Waals surface area contributed by atoms with Crippen LogP contribution in [0.4, 0.5) is 0 Å². The predicted molar refractivity (Wildman–Crippen MR) is 305 cm³/mol. The van der Waals surface area contributed by atoms with E-state index in [4.69, 9.17) is 35.2 Å². The lowest BCUT2D eigenvalue weighted by atomic mass is 9.94. The van der Waals surface area contributed by atoms with Crippen LogP contribution >= 0.6 is 0 Å². The number of ketones is 1. The van der Waals surface area contributed by atoms with Gasteiger partial charge < -0.3 is 45.3 Å². The second-order valence-electron chi connectivity index (χ2n) is 20.4. The number of aromatic nitrogens is 2. The molecule has 80 heavy (non-hydrogen) atoms. The number of carboxylic acids is 2. The SMILES string of the molecule is N=NN=C(N)CCCCCCCCCCCCCCCC(=O)NS(=O)(=O)CCCC(=O)NCCCCCCCCCCCOC[C@@H](CCONCCOCCOCONCCCC[C@H](CC(=O)CCc1cnc[nH]1)C(=O)O)C(=O)O. The highest BCUT2D eigenvalue weighted by Gasteiger charge is 2.21. The molecule has 2 amide bonds. The van der Waals surface area contributed by atoms with E-state index in [0.717, 1.165) is 95.6 Å². The van der Waals surface area contributed by atoms with Crippen LogP contribution in [0.1, 0.15) is 211 Å². The number of aromatic amines is 1. The lowest BCUT2D eigenvalue weighted by Crippen LogP contribution is -2.33. The van der Waals surface area contributed by atoms with Crippen molar-refractivity contribution in [1.29, 1.82) is 5.53 Å². The van der Waals surface area contributed by atoms with Gasteiger partial charge in [-0.1, -0.05) is 127 Å². The number of carbonyl (C=O) groups is 5. The van der Waals surface area contributed by atoms with Crippen LogP contribution in [-0.2, 0) is 64.3 Å². The van der Waals surface area contributed by atoms with Crippen LogP contribution in [0, 0.1) is 17.4 Å². The number of Topliss-reactive ketones (excluding diaryl/α,β-unsaturated/α-hetero) is 1. The second kappa shape index (κ2) is 52.6. The highest BCUT2D eigenvalue weighted by atomic mass is 32.2. The smallest absolute Gasteiger partial charge is 0.308 e. The Balaban J connectivity index is 1.86. The highest BCUT2D eigenvalue weighted by Crippen LogP contribution is 2.17. The Labute approximate surface area is 476 Å². The molecule has 0 aromatic carbocycles. The molecule has 0 saturated carbocycles. The maximum atomic E-state index is 12.4. The number of hydrogen-bond donors (Lipinski definition) is 9. The van der Waals surface area contributed by atoms with Gasteiger partial charge in [0.15, 0.2) is 6.79 Å². The molecule has 462 valence electrons. The van der Waals surface area contributed by atoms with Gasteiger partial charge in [0.2, 0.25) is 21.8 Å². The van der Waals surface area contributed by atoms with E-state index in [2.05, 4.69) is 41.3 Å². The number of amides is 2. The number of carbonyl (C=O) groups excluding carboxylic acids is 3. The summed E-state index contributed by atoms with van der Waals surface area (Å²) in [6, 6.07) is 0. The summed E-state index contributed by atoms with van der Waals surface area (Å²) < 4.78 is 43.4. The normalized spacial score (nSPS) is 12.6. The third kappa shape index (κ3) is 48.2. The fraction of sp³-hybridized carbons (Fsp3) is 0.836. The van der Waals surface area contributed by atoms with Crippen molar-refractivity contribution in [3.63, 3.8) is 0 Å². The lowest BCUT2D eigenvalue weighted by Gasteiger charge is -2.13. The van der Waals surface area contributed by atoms with Gasteiger partial charge in [0.1, 0.15) is 11.6 Å². The molecule has 1 aromatic heterocycles. The number of imidazole rings is 1. The molecular weight excluding hydrogens is 1060 g/mol. The van der Waals surface area contributed by atoms with E-state index in [1.54, 1.807) is 12.5 Å². The molecule has 25 heteroatoms. The summed E-state index contributed by atoms with van der Waals surface area (Å²) in [5.41, 5.74) is 18.7. The number of aryl methyl sites for hydroxylation is 1. The number of H-pyrrole nitrogens is 1. The summed E-state index contributed by atoms with van der Waals surface area (Å²) in [6.07, 6.45) is 30.7. The summed E-state index contributed by atoms with van der Waals surface area (Å²) in [6.45, 7) is 3.35. The number of nitrogens with zero attached hydrogens (tertiary/aromatic N) is 3. The molecule has 0 aliphatic carbocycles. The van der Waals surface area contributed by atoms with Crippen LogP contribution in [0.25, 0.3) is 0 Å². The molecule has 1 aromatic rings. The Hall–Kier alpha value is -4.50. The van der Waals surface area contributed by atoms with Crippen LogP contribution in [0.3, 0.4) is 0 Å². The second-order valence-corrected chi connectivity index (χ2v) is 22.3. The number of rotatable bonds is 61. The Bertz CT molecular complexity index is 1870. The quantitative estimate of drug-likeness (QED) is 0.00739. The Morgan fingerprint density at radius 2 is 1.18 bits per heavy atom. The third-order valence-electron chi connectivity index (χ3n) is 13.3. The van der Waals surface area contributed by atoms with E-state index >= 15 is 0 Å². The number of ether oxygens (including phenoxy) is 3. The molecule has 10 N–H and O–H groups in total. The van der Waals surface area contributed by atoms with Gasteiger partial charge in [-0.05, 0) is 57.8 Å². The van der Waals surface area contributed by atoms with Gasteiger partial charge in [-0.2, -0.15) is 11.0 Å². The van der Waals surface area contributed by atoms with Crippen molar-refractivity contribution in [2.75, 3.05) is 71.8 Å². The summed E-state index contributed by atoms with van der Waals surface area (Å²) in [5.74, 6) is -3.84. The number of nitrogens with two attached hydrogens (primary N) is 1. The van der Waals surface area contributed by atoms with E-state index < -0.39 is 39.7 Å². The van der Waals surface area contributed by atoms with Crippen molar-refractivity contribution in [3.05, 3.63) is 18.2 Å². The lowest BCUT2D eigenvalue weighted by molar-refractivity contribution is -0.145. The molecular formula is C55H102N10O14S. The number of aliphatic carboxylic acids is 2. The van der Waals surface area contributed by atoms with Gasteiger partial charge in [-0.3, -0.25) is 33.5 Å². The standard InChI is InChI=1S/C55H102N10O14S/c56-51(63-65-57)27-19-15-11-7-4-2-1-3-5-8-12-16-20-28-53(68)64-80(73,74)41-25-29-52(67)59-33-22-17-13-9-6-10-14-18-24-36-76-44-48(55(71)72)32-37-78-62-35-38-75-39-40-77-46-79-61-34-23-21-26-47(54(69)70)42-50(66)31-30-49-43-58-45-60-49/h43,45,47-48,61-62H,1-42,44,46H2,(H,58,60)(H,59,67)(H,64,68)(H,69,70)(H,71,72)(H3,56,57,63)/t47-,48-/m1/s1. The largest absolute Gasteiger partial charge is 0.481 e. The summed E-state index contributed by atoms with van der Waals surface area (Å²) in [5, 5.41) is 28.4. The molecule has 0 fully saturated rings. The van der Waals surface area contributed by atoms with Crippen LogP contribution in [0.2, 0.25) is 0 Å². The van der Waals surface area contributed by atoms with Crippen molar-refractivity contribution >= 4 is 45.4 Å². The molecule has 0 spiro atoms. The molecule has 0 unspecified atom stereocenters. The third-order valence-corrected chi connectivity index (χ3v) is 14.7. The monoisotopic (exact) mass is 1160 g/mol. The Morgan fingerprint density at radius 1 is 0.600 bits per heavy atom. The first-order valence-electron chi connectivity index (χ1n) is 29.7. The van der Waals surface area contributed by atoms with E-state index in [1.807, 2.05) is 0 Å². The van der Waals surface area contributed by atoms with Gasteiger partial charge in [0, 0.05) is 70.2 Å². The van der Waals surface area contributed by atoms with Gasteiger partial charge in [0.05, 0.1) is 57.0 Å². The van der Waals surface area contributed by atoms with Crippen LogP contribution < -0.4 is 26.7 Å². The zero-order valence-corrected chi connectivity index (χ0v) is 48.9. The molecule has 0 aliphatic heterocycles. The zero-order valence-electron chi connectivity index (χ0n) is 48.0. The maximum Gasteiger partial charge on any atom is 0.308 e. The van der Waals surface area contributed by atoms with E-state index in [1.165, 1.54) is 44.9 Å². The molecule has 1 rings (SSSR count). The number of hydroxylamine groups is 2. The number of amidine groups is 1. The van der Waals surface area contributed by atoms with Gasteiger partial charge in [0.25, 0.3) is 0 Å². The molecule has 24 nitrogen and oxygen atoms in total. The average Bonchev–Trinajstić information content (AvgIpc) is 3.95. The fourth-order valence-corrected chi connectivity index (χ4v) is 9.68. The van der Waals surface area contributed by atoms with Gasteiger partial charge in [-0.25, -0.2) is 18.9 Å². The van der Waals surface area contributed by atoms with E-state index in [-0.39, 0.29) is 69.6 Å². The van der Waals surface area contributed by atoms with Crippen molar-refractivity contribution in [2.24, 2.45) is 27.9 Å². The summed E-state index contributed by atoms with van der Waals surface area (Å²) in [7, 11) is -3.77. The summed E-state index contributed by atoms with van der Waals surface area (Å²) in [4.78, 5) is 77.4. The molecule has 0 saturated heterocycles. The minimum atomic E-state index is -3.77. The van der Waals surface area contributed by atoms with Crippen LogP contribution in [-0.4, -0.2) is 136 Å². The predicted octanol–water partition coefficient (Wildman–Crippen LogP) is 8.32. The molecule has 2 atom stereocenters. The summed E-state index contributed by atoms with van der Waals surface area (Å²) >= 11 is 0. The minimum absolute atomic E-state index is 0.0151. The number of sulfonamides is 1. The van der Waals surface area contributed by atoms with Crippen molar-refractivity contribution in [1.82, 2.24) is 31.0 Å². The number of nitrogens with one attached hydrogen (secondary N) is 6. The van der Waals surface area contributed by atoms with Gasteiger partial charge >= 0.3 is 11.9 Å². The first kappa shape index (κ1) is 73.5. The molecule has 0 aliphatic rings. The molecule has 1 heterocycles. The number of unbranched alkanes of at least 4 members (excludes halogenated alkanes) is 21. The Kier molecular flexibility index (Phi) is 48.3. The van der Waals surface area contributed by atoms with Gasteiger partial charge in [-0.15, -0.1) is 5.10 Å². The highest BCUT2D eigenvalue weighted by molar-refractivity contribution is 7.90. The van der Waals surface area contributed by atoms with Crippen molar-refractivity contribution in [2.45, 2.75) is 212 Å². The van der Waals surface area contributed by atoms with E-state index in [9.17, 15) is 42.6 Å². The number of carboxylic acid groups (broad SMARTS) is 2. The first-order chi connectivity index (χ1) is 38.8. The maximum absolute atomic E-state index is 12.4. The van der Waals surface area contributed by atoms with Crippen LogP contribution in [0.15, 0.2) is 22.8 Å². The molecule has 0 bridgehead atoms. The first-order valence-corrected chi connectivity index (χ1v) is 31.3.